The Bertz CT molecular complexity index is 534. The molecule has 2 fully saturated rings. The Balaban J connectivity index is 1.65. The zero-order chi connectivity index (χ0) is 15.5. The first-order chi connectivity index (χ1) is 10.5. The van der Waals surface area contributed by atoms with Crippen molar-refractivity contribution in [3.05, 3.63) is 11.1 Å². The molecule has 0 saturated heterocycles. The summed E-state index contributed by atoms with van der Waals surface area (Å²) in [4.78, 5) is 11.8. The third-order valence-electron chi connectivity index (χ3n) is 8.11. The molecule has 4 aliphatic rings. The normalized spacial score (nSPS) is 48.0. The second-order valence-electron chi connectivity index (χ2n) is 8.64. The standard InChI is InChI=1S/C20H30O2/c1-3-20(22)11-9-18-17-6-4-13-12-14(21)5-7-15(13)16(17)8-10-19(18,20)2/h16-18,22H,3-12H2,1-2H3/t16?,17?,18?,19?,20-/m1/s1. The second-order valence-corrected chi connectivity index (χ2v) is 8.64. The monoisotopic (exact) mass is 302 g/mol. The van der Waals surface area contributed by atoms with Crippen LogP contribution in [0.25, 0.3) is 0 Å². The van der Waals surface area contributed by atoms with Crippen molar-refractivity contribution in [1.29, 1.82) is 0 Å². The van der Waals surface area contributed by atoms with Crippen LogP contribution in [0.15, 0.2) is 11.1 Å². The summed E-state index contributed by atoms with van der Waals surface area (Å²) in [7, 11) is 0. The van der Waals surface area contributed by atoms with Gasteiger partial charge >= 0.3 is 0 Å². The van der Waals surface area contributed by atoms with Crippen LogP contribution in [0.1, 0.15) is 78.1 Å². The quantitative estimate of drug-likeness (QED) is 0.728. The Morgan fingerprint density at radius 1 is 1.14 bits per heavy atom. The van der Waals surface area contributed by atoms with Crippen LogP contribution in [0.3, 0.4) is 0 Å². The van der Waals surface area contributed by atoms with Crippen LogP contribution in [0, 0.1) is 23.2 Å². The molecule has 4 unspecified atom stereocenters. The fourth-order valence-corrected chi connectivity index (χ4v) is 6.74. The highest BCUT2D eigenvalue weighted by molar-refractivity contribution is 5.82. The number of Topliss-reactive ketones (excluding diaryl/α,β-unsaturated/α-hetero) is 1. The Morgan fingerprint density at radius 3 is 2.73 bits per heavy atom. The van der Waals surface area contributed by atoms with Crippen LogP contribution in [-0.4, -0.2) is 16.5 Å². The molecule has 5 atom stereocenters. The number of aliphatic hydroxyl groups is 1. The number of carbonyl (C=O) groups excluding carboxylic acids is 1. The van der Waals surface area contributed by atoms with E-state index in [1.165, 1.54) is 31.3 Å². The van der Waals surface area contributed by atoms with Crippen molar-refractivity contribution in [3.63, 3.8) is 0 Å². The van der Waals surface area contributed by atoms with Gasteiger partial charge in [-0.05, 0) is 74.5 Å². The Kier molecular flexibility index (Phi) is 3.35. The number of fused-ring (bicyclic) bond motifs is 4. The third kappa shape index (κ3) is 1.85. The molecule has 2 nitrogen and oxygen atoms in total. The van der Waals surface area contributed by atoms with Crippen LogP contribution >= 0.6 is 0 Å². The largest absolute Gasteiger partial charge is 0.389 e. The average molecular weight is 302 g/mol. The van der Waals surface area contributed by atoms with Gasteiger partial charge in [0.1, 0.15) is 5.78 Å². The molecular formula is C20H30O2. The fraction of sp³-hybridized carbons (Fsp3) is 0.850. The average Bonchev–Trinajstić information content (AvgIpc) is 2.79. The van der Waals surface area contributed by atoms with Gasteiger partial charge in [0, 0.05) is 12.8 Å². The summed E-state index contributed by atoms with van der Waals surface area (Å²) in [6.45, 7) is 4.53. The highest BCUT2D eigenvalue weighted by Gasteiger charge is 2.60. The highest BCUT2D eigenvalue weighted by Crippen LogP contribution is 2.64. The summed E-state index contributed by atoms with van der Waals surface area (Å²) < 4.78 is 0. The van der Waals surface area contributed by atoms with Gasteiger partial charge in [-0.1, -0.05) is 25.0 Å². The first-order valence-corrected chi connectivity index (χ1v) is 9.43. The minimum atomic E-state index is -0.431. The molecule has 0 amide bonds. The zero-order valence-electron chi connectivity index (χ0n) is 14.2. The molecule has 4 rings (SSSR count). The smallest absolute Gasteiger partial charge is 0.137 e. The Morgan fingerprint density at radius 2 is 1.95 bits per heavy atom. The van der Waals surface area contributed by atoms with Gasteiger partial charge in [-0.3, -0.25) is 4.79 Å². The van der Waals surface area contributed by atoms with Gasteiger partial charge in [0.15, 0.2) is 0 Å². The third-order valence-corrected chi connectivity index (χ3v) is 8.11. The van der Waals surface area contributed by atoms with E-state index >= 15 is 0 Å². The summed E-state index contributed by atoms with van der Waals surface area (Å²) in [5, 5.41) is 11.2. The number of hydrogen-bond donors (Lipinski definition) is 1. The van der Waals surface area contributed by atoms with E-state index in [2.05, 4.69) is 13.8 Å². The number of ketones is 1. The first-order valence-electron chi connectivity index (χ1n) is 9.43. The van der Waals surface area contributed by atoms with E-state index in [0.29, 0.717) is 11.7 Å². The molecule has 22 heavy (non-hydrogen) atoms. The topological polar surface area (TPSA) is 37.3 Å². The van der Waals surface area contributed by atoms with E-state index in [4.69, 9.17) is 0 Å². The highest BCUT2D eigenvalue weighted by atomic mass is 16.3. The van der Waals surface area contributed by atoms with E-state index in [-0.39, 0.29) is 5.41 Å². The van der Waals surface area contributed by atoms with Crippen molar-refractivity contribution >= 4 is 5.78 Å². The lowest BCUT2D eigenvalue weighted by Gasteiger charge is -2.54. The predicted octanol–water partition coefficient (Wildman–Crippen LogP) is 4.41. The van der Waals surface area contributed by atoms with Gasteiger partial charge < -0.3 is 5.11 Å². The minimum Gasteiger partial charge on any atom is -0.389 e. The van der Waals surface area contributed by atoms with Crippen LogP contribution in [-0.2, 0) is 4.79 Å². The van der Waals surface area contributed by atoms with Crippen LogP contribution in [0.4, 0.5) is 0 Å². The van der Waals surface area contributed by atoms with E-state index in [1.54, 1.807) is 5.57 Å². The summed E-state index contributed by atoms with van der Waals surface area (Å²) in [6, 6.07) is 0. The van der Waals surface area contributed by atoms with Gasteiger partial charge in [0.25, 0.3) is 0 Å². The molecule has 122 valence electrons. The molecular weight excluding hydrogens is 272 g/mol. The van der Waals surface area contributed by atoms with Gasteiger partial charge in [0.05, 0.1) is 5.60 Å². The summed E-state index contributed by atoms with van der Waals surface area (Å²) in [5.41, 5.74) is 2.88. The number of hydrogen-bond acceptors (Lipinski definition) is 2. The van der Waals surface area contributed by atoms with Crippen molar-refractivity contribution in [2.75, 3.05) is 0 Å². The fourth-order valence-electron chi connectivity index (χ4n) is 6.74. The van der Waals surface area contributed by atoms with Crippen molar-refractivity contribution in [2.24, 2.45) is 23.2 Å². The molecule has 0 bridgehead atoms. The van der Waals surface area contributed by atoms with Gasteiger partial charge in [-0.2, -0.15) is 0 Å². The molecule has 4 aliphatic carbocycles. The first kappa shape index (κ1) is 14.9. The van der Waals surface area contributed by atoms with Crippen molar-refractivity contribution in [1.82, 2.24) is 0 Å². The van der Waals surface area contributed by atoms with Gasteiger partial charge in [-0.25, -0.2) is 0 Å². The van der Waals surface area contributed by atoms with Crippen molar-refractivity contribution in [3.8, 4) is 0 Å². The Labute approximate surface area is 134 Å². The molecule has 0 spiro atoms. The maximum Gasteiger partial charge on any atom is 0.137 e. The summed E-state index contributed by atoms with van der Waals surface area (Å²) in [6.07, 6.45) is 10.5. The molecule has 2 saturated carbocycles. The molecule has 0 aliphatic heterocycles. The van der Waals surface area contributed by atoms with Crippen LogP contribution in [0.2, 0.25) is 0 Å². The zero-order valence-corrected chi connectivity index (χ0v) is 14.2. The van der Waals surface area contributed by atoms with E-state index in [0.717, 1.165) is 50.4 Å². The lowest BCUT2D eigenvalue weighted by atomic mass is 9.52. The predicted molar refractivity (Wildman–Crippen MR) is 87.4 cm³/mol. The lowest BCUT2D eigenvalue weighted by Crippen LogP contribution is -2.51. The molecule has 0 heterocycles. The maximum atomic E-state index is 11.8. The van der Waals surface area contributed by atoms with E-state index in [1.807, 2.05) is 0 Å². The Hall–Kier alpha value is -0.630. The minimum absolute atomic E-state index is 0.130. The van der Waals surface area contributed by atoms with E-state index < -0.39 is 5.60 Å². The molecule has 2 heteroatoms. The second kappa shape index (κ2) is 4.93. The van der Waals surface area contributed by atoms with Gasteiger partial charge in [-0.15, -0.1) is 0 Å². The molecule has 1 N–H and O–H groups in total. The molecule has 0 radical (unpaired) electrons. The maximum absolute atomic E-state index is 11.8. The number of allylic oxidation sites excluding steroid dienone is 2. The van der Waals surface area contributed by atoms with Gasteiger partial charge in [0.2, 0.25) is 0 Å². The summed E-state index contributed by atoms with van der Waals surface area (Å²) >= 11 is 0. The SMILES string of the molecule is CC[C@@]1(O)CCC2C3CCC4=C(CCC(=O)C4)C3CCC21C. The van der Waals surface area contributed by atoms with E-state index in [9.17, 15) is 9.90 Å². The van der Waals surface area contributed by atoms with Crippen molar-refractivity contribution < 1.29 is 9.90 Å². The van der Waals surface area contributed by atoms with Crippen molar-refractivity contribution in [2.45, 2.75) is 83.7 Å². The lowest BCUT2D eigenvalue weighted by molar-refractivity contribution is -0.119. The molecule has 0 aromatic carbocycles. The van der Waals surface area contributed by atoms with Crippen LogP contribution < -0.4 is 0 Å². The molecule has 0 aromatic heterocycles. The number of carbonyl (C=O) groups is 1. The number of rotatable bonds is 1. The van der Waals surface area contributed by atoms with Crippen LogP contribution in [0.5, 0.6) is 0 Å². The summed E-state index contributed by atoms with van der Waals surface area (Å²) in [5.74, 6) is 2.65. The molecule has 0 aromatic rings.